The van der Waals surface area contributed by atoms with E-state index in [1.165, 1.54) is 0 Å². The Morgan fingerprint density at radius 1 is 1.33 bits per heavy atom. The lowest BCUT2D eigenvalue weighted by atomic mass is 10.4. The monoisotopic (exact) mass is 251 g/mol. The standard InChI is InChI=1S/C11H17N5O2/c1-7(2)17-4-5-18-10-8-6-13-16-9(8)14-11(12-3)15-10/h6-7H,4-5H2,1-3H3,(H2,12,13,14,15,16). The number of H-pyrrole nitrogens is 1. The molecule has 0 spiro atoms. The van der Waals surface area contributed by atoms with Gasteiger partial charge in [0, 0.05) is 7.05 Å². The van der Waals surface area contributed by atoms with Crippen LogP contribution < -0.4 is 10.1 Å². The first-order valence-electron chi connectivity index (χ1n) is 5.84. The topological polar surface area (TPSA) is 85.0 Å². The maximum Gasteiger partial charge on any atom is 0.229 e. The third-order valence-corrected chi connectivity index (χ3v) is 2.27. The van der Waals surface area contributed by atoms with Gasteiger partial charge >= 0.3 is 0 Å². The van der Waals surface area contributed by atoms with Gasteiger partial charge in [-0.05, 0) is 13.8 Å². The van der Waals surface area contributed by atoms with E-state index in [9.17, 15) is 0 Å². The Labute approximate surface area is 105 Å². The SMILES string of the molecule is CNc1nc(OCCOC(C)C)c2cn[nH]c2n1. The molecule has 7 heteroatoms. The molecule has 0 aromatic carbocycles. The number of hydrogen-bond acceptors (Lipinski definition) is 6. The molecule has 0 fully saturated rings. The van der Waals surface area contributed by atoms with Gasteiger partial charge in [-0.1, -0.05) is 0 Å². The molecule has 0 aliphatic heterocycles. The van der Waals surface area contributed by atoms with Gasteiger partial charge in [-0.3, -0.25) is 5.10 Å². The molecule has 0 aliphatic carbocycles. The van der Waals surface area contributed by atoms with E-state index in [4.69, 9.17) is 9.47 Å². The fourth-order valence-electron chi connectivity index (χ4n) is 1.45. The van der Waals surface area contributed by atoms with Crippen LogP contribution in [-0.2, 0) is 4.74 Å². The zero-order chi connectivity index (χ0) is 13.0. The van der Waals surface area contributed by atoms with Crippen LogP contribution in [0.1, 0.15) is 13.8 Å². The quantitative estimate of drug-likeness (QED) is 0.750. The van der Waals surface area contributed by atoms with E-state index in [0.29, 0.717) is 30.7 Å². The van der Waals surface area contributed by atoms with Gasteiger partial charge in [-0.15, -0.1) is 0 Å². The largest absolute Gasteiger partial charge is 0.475 e. The summed E-state index contributed by atoms with van der Waals surface area (Å²) in [4.78, 5) is 8.47. The summed E-state index contributed by atoms with van der Waals surface area (Å²) < 4.78 is 11.0. The number of fused-ring (bicyclic) bond motifs is 1. The number of ether oxygens (including phenoxy) is 2. The van der Waals surface area contributed by atoms with E-state index in [2.05, 4.69) is 25.5 Å². The molecule has 0 amide bonds. The van der Waals surface area contributed by atoms with E-state index in [1.54, 1.807) is 13.2 Å². The molecule has 2 heterocycles. The van der Waals surface area contributed by atoms with Gasteiger partial charge in [0.1, 0.15) is 12.0 Å². The van der Waals surface area contributed by atoms with Crippen molar-refractivity contribution in [1.82, 2.24) is 20.2 Å². The Hall–Kier alpha value is -1.89. The van der Waals surface area contributed by atoms with E-state index >= 15 is 0 Å². The first-order chi connectivity index (χ1) is 8.70. The summed E-state index contributed by atoms with van der Waals surface area (Å²) in [5.74, 6) is 0.997. The van der Waals surface area contributed by atoms with Gasteiger partial charge in [-0.2, -0.15) is 15.1 Å². The van der Waals surface area contributed by atoms with Crippen LogP contribution in [0.15, 0.2) is 6.20 Å². The van der Waals surface area contributed by atoms with Crippen LogP contribution in [0.4, 0.5) is 5.95 Å². The molecular weight excluding hydrogens is 234 g/mol. The van der Waals surface area contributed by atoms with Gasteiger partial charge in [0.05, 0.1) is 18.9 Å². The van der Waals surface area contributed by atoms with Gasteiger partial charge in [-0.25, -0.2) is 0 Å². The van der Waals surface area contributed by atoms with Crippen molar-refractivity contribution >= 4 is 17.0 Å². The zero-order valence-electron chi connectivity index (χ0n) is 10.7. The minimum atomic E-state index is 0.195. The molecule has 98 valence electrons. The molecule has 0 bridgehead atoms. The van der Waals surface area contributed by atoms with Crippen molar-refractivity contribution in [2.24, 2.45) is 0 Å². The van der Waals surface area contributed by atoms with E-state index in [1.807, 2.05) is 13.8 Å². The Morgan fingerprint density at radius 3 is 2.89 bits per heavy atom. The van der Waals surface area contributed by atoms with E-state index in [0.717, 1.165) is 5.39 Å². The normalized spacial score (nSPS) is 11.1. The summed E-state index contributed by atoms with van der Waals surface area (Å²) in [6.07, 6.45) is 1.84. The Bertz CT molecular complexity index is 511. The third kappa shape index (κ3) is 2.86. The fraction of sp³-hybridized carbons (Fsp3) is 0.545. The molecular formula is C11H17N5O2. The average molecular weight is 251 g/mol. The number of rotatable bonds is 6. The van der Waals surface area contributed by atoms with Crippen LogP contribution in [0.3, 0.4) is 0 Å². The van der Waals surface area contributed by atoms with Crippen LogP contribution in [0.2, 0.25) is 0 Å². The van der Waals surface area contributed by atoms with Crippen molar-refractivity contribution in [3.8, 4) is 5.88 Å². The van der Waals surface area contributed by atoms with Crippen molar-refractivity contribution < 1.29 is 9.47 Å². The van der Waals surface area contributed by atoms with Crippen molar-refractivity contribution in [3.05, 3.63) is 6.20 Å². The molecule has 7 nitrogen and oxygen atoms in total. The highest BCUT2D eigenvalue weighted by atomic mass is 16.5. The number of nitrogens with one attached hydrogen (secondary N) is 2. The lowest BCUT2D eigenvalue weighted by molar-refractivity contribution is 0.0546. The first kappa shape index (κ1) is 12.6. The molecule has 2 aromatic heterocycles. The van der Waals surface area contributed by atoms with Gasteiger partial charge in [0.15, 0.2) is 5.65 Å². The van der Waals surface area contributed by atoms with Gasteiger partial charge in [0.25, 0.3) is 0 Å². The second-order valence-electron chi connectivity index (χ2n) is 4.00. The van der Waals surface area contributed by atoms with E-state index < -0.39 is 0 Å². The van der Waals surface area contributed by atoms with Gasteiger partial charge < -0.3 is 14.8 Å². The molecule has 0 saturated heterocycles. The van der Waals surface area contributed by atoms with Crippen molar-refractivity contribution in [2.45, 2.75) is 20.0 Å². The number of anilines is 1. The fourth-order valence-corrected chi connectivity index (χ4v) is 1.45. The zero-order valence-corrected chi connectivity index (χ0v) is 10.7. The highest BCUT2D eigenvalue weighted by Crippen LogP contribution is 2.21. The number of nitrogens with zero attached hydrogens (tertiary/aromatic N) is 3. The Kier molecular flexibility index (Phi) is 3.93. The maximum absolute atomic E-state index is 5.59. The van der Waals surface area contributed by atoms with E-state index in [-0.39, 0.29) is 6.10 Å². The summed E-state index contributed by atoms with van der Waals surface area (Å²) in [5, 5.41) is 10.4. The van der Waals surface area contributed by atoms with Crippen LogP contribution in [0.5, 0.6) is 5.88 Å². The average Bonchev–Trinajstić information content (AvgIpc) is 2.82. The number of aromatic nitrogens is 4. The molecule has 18 heavy (non-hydrogen) atoms. The maximum atomic E-state index is 5.59. The van der Waals surface area contributed by atoms with Gasteiger partial charge in [0.2, 0.25) is 11.8 Å². The van der Waals surface area contributed by atoms with Crippen molar-refractivity contribution in [3.63, 3.8) is 0 Å². The molecule has 0 atom stereocenters. The molecule has 0 unspecified atom stereocenters. The van der Waals surface area contributed by atoms with Crippen molar-refractivity contribution in [2.75, 3.05) is 25.6 Å². The van der Waals surface area contributed by atoms with Crippen LogP contribution in [-0.4, -0.2) is 46.5 Å². The Balaban J connectivity index is 2.08. The minimum absolute atomic E-state index is 0.195. The molecule has 0 radical (unpaired) electrons. The smallest absolute Gasteiger partial charge is 0.229 e. The van der Waals surface area contributed by atoms with Crippen LogP contribution >= 0.6 is 0 Å². The third-order valence-electron chi connectivity index (χ3n) is 2.27. The summed E-state index contributed by atoms with van der Waals surface area (Å²) >= 11 is 0. The highest BCUT2D eigenvalue weighted by Gasteiger charge is 2.09. The molecule has 0 saturated carbocycles. The summed E-state index contributed by atoms with van der Waals surface area (Å²) in [7, 11) is 1.75. The lowest BCUT2D eigenvalue weighted by Gasteiger charge is -2.09. The van der Waals surface area contributed by atoms with Crippen molar-refractivity contribution in [1.29, 1.82) is 0 Å². The molecule has 0 aliphatic rings. The Morgan fingerprint density at radius 2 is 2.17 bits per heavy atom. The molecule has 2 rings (SSSR count). The summed E-state index contributed by atoms with van der Waals surface area (Å²) in [6.45, 7) is 4.94. The predicted octanol–water partition coefficient (Wildman–Crippen LogP) is 1.20. The second kappa shape index (κ2) is 5.63. The minimum Gasteiger partial charge on any atom is -0.475 e. The van der Waals surface area contributed by atoms with Crippen LogP contribution in [0, 0.1) is 0 Å². The molecule has 2 N–H and O–H groups in total. The first-order valence-corrected chi connectivity index (χ1v) is 5.84. The predicted molar refractivity (Wildman–Crippen MR) is 67.8 cm³/mol. The summed E-state index contributed by atoms with van der Waals surface area (Å²) in [5.41, 5.74) is 0.647. The number of hydrogen-bond donors (Lipinski definition) is 2. The summed E-state index contributed by atoms with van der Waals surface area (Å²) in [6, 6.07) is 0. The van der Waals surface area contributed by atoms with Crippen LogP contribution in [0.25, 0.3) is 11.0 Å². The highest BCUT2D eigenvalue weighted by molar-refractivity contribution is 5.80. The number of aromatic amines is 1. The lowest BCUT2D eigenvalue weighted by Crippen LogP contribution is -2.12. The second-order valence-corrected chi connectivity index (χ2v) is 4.00. The molecule has 2 aromatic rings.